The molecule has 10 nitrogen and oxygen atoms in total. The molecule has 0 aliphatic heterocycles. The van der Waals surface area contributed by atoms with Gasteiger partial charge in [-0.25, -0.2) is 19.0 Å². The van der Waals surface area contributed by atoms with Gasteiger partial charge in [-0.1, -0.05) is 12.1 Å². The predicted molar refractivity (Wildman–Crippen MR) is 136 cm³/mol. The number of rotatable bonds is 8. The number of methoxy groups -OCH3 is 1. The van der Waals surface area contributed by atoms with Gasteiger partial charge in [-0.05, 0) is 48.0 Å². The van der Waals surface area contributed by atoms with Crippen LogP contribution in [0.3, 0.4) is 0 Å². The van der Waals surface area contributed by atoms with Gasteiger partial charge in [-0.2, -0.15) is 0 Å². The minimum Gasteiger partial charge on any atom is -0.497 e. The maximum absolute atomic E-state index is 13.2. The molecule has 2 N–H and O–H groups in total. The smallest absolute Gasteiger partial charge is 0.416 e. The highest BCUT2D eigenvalue weighted by Crippen LogP contribution is 2.21. The molecule has 0 fully saturated rings. The number of hydrogen-bond acceptors (Lipinski definition) is 8. The Morgan fingerprint density at radius 2 is 1.89 bits per heavy atom. The van der Waals surface area contributed by atoms with Crippen molar-refractivity contribution in [1.29, 1.82) is 0 Å². The standard InChI is InChI=1S/C25H23FN6O4S/c1-32(25(34)36-22-11-10-21(30-31-22)17-6-8-20(35-2)9-7-17)14-19-15-37-24(28-19)29-23(33)27-13-16-4-3-5-18(26)12-16/h3-12,15H,13-14H2,1-2H3,(H2,27,28,29,33). The fourth-order valence-corrected chi connectivity index (χ4v) is 3.87. The van der Waals surface area contributed by atoms with Crippen LogP contribution in [-0.2, 0) is 13.1 Å². The van der Waals surface area contributed by atoms with E-state index >= 15 is 0 Å². The number of amides is 3. The van der Waals surface area contributed by atoms with Crippen LogP contribution in [0.25, 0.3) is 11.3 Å². The number of thiazole rings is 1. The summed E-state index contributed by atoms with van der Waals surface area (Å²) in [5.41, 5.74) is 2.66. The average Bonchev–Trinajstić information content (AvgIpc) is 3.34. The summed E-state index contributed by atoms with van der Waals surface area (Å²) in [5, 5.41) is 15.4. The number of nitrogens with zero attached hydrogens (tertiary/aromatic N) is 4. The van der Waals surface area contributed by atoms with Gasteiger partial charge in [0.05, 0.1) is 25.0 Å². The van der Waals surface area contributed by atoms with Gasteiger partial charge in [-0.3, -0.25) is 5.32 Å². The van der Waals surface area contributed by atoms with Crippen LogP contribution in [0.5, 0.6) is 11.6 Å². The van der Waals surface area contributed by atoms with E-state index < -0.39 is 12.1 Å². The molecule has 4 rings (SSSR count). The molecule has 2 aromatic carbocycles. The Balaban J connectivity index is 1.25. The number of carbonyl (C=O) groups is 2. The highest BCUT2D eigenvalue weighted by Gasteiger charge is 2.15. The van der Waals surface area contributed by atoms with E-state index in [4.69, 9.17) is 9.47 Å². The summed E-state index contributed by atoms with van der Waals surface area (Å²) in [7, 11) is 3.15. The number of benzene rings is 2. The molecular weight excluding hydrogens is 499 g/mol. The molecule has 2 aromatic heterocycles. The lowest BCUT2D eigenvalue weighted by Gasteiger charge is -2.14. The van der Waals surface area contributed by atoms with Crippen LogP contribution in [-0.4, -0.2) is 46.4 Å². The van der Waals surface area contributed by atoms with Gasteiger partial charge >= 0.3 is 12.1 Å². The third-order valence-electron chi connectivity index (χ3n) is 5.04. The van der Waals surface area contributed by atoms with Gasteiger partial charge in [0.25, 0.3) is 0 Å². The van der Waals surface area contributed by atoms with Crippen LogP contribution in [0.1, 0.15) is 11.3 Å². The third-order valence-corrected chi connectivity index (χ3v) is 5.85. The molecular formula is C25H23FN6O4S. The monoisotopic (exact) mass is 522 g/mol. The van der Waals surface area contributed by atoms with Crippen molar-refractivity contribution in [2.24, 2.45) is 0 Å². The zero-order valence-electron chi connectivity index (χ0n) is 20.0. The third kappa shape index (κ3) is 7.21. The number of nitrogens with one attached hydrogen (secondary N) is 2. The zero-order chi connectivity index (χ0) is 26.2. The summed E-state index contributed by atoms with van der Waals surface area (Å²) >= 11 is 1.21. The molecule has 2 heterocycles. The molecule has 190 valence electrons. The molecule has 0 atom stereocenters. The quantitative estimate of drug-likeness (QED) is 0.344. The maximum Gasteiger partial charge on any atom is 0.416 e. The molecule has 0 saturated carbocycles. The molecule has 0 radical (unpaired) electrons. The molecule has 0 saturated heterocycles. The second-order valence-electron chi connectivity index (χ2n) is 7.79. The van der Waals surface area contributed by atoms with E-state index in [1.165, 1.54) is 28.4 Å². The number of halogens is 1. The van der Waals surface area contributed by atoms with Crippen LogP contribution in [0.15, 0.2) is 66.0 Å². The highest BCUT2D eigenvalue weighted by molar-refractivity contribution is 7.13. The highest BCUT2D eigenvalue weighted by atomic mass is 32.1. The lowest BCUT2D eigenvalue weighted by Crippen LogP contribution is -2.30. The minimum atomic E-state index is -0.637. The lowest BCUT2D eigenvalue weighted by molar-refractivity contribution is 0.158. The summed E-state index contributed by atoms with van der Waals surface area (Å²) in [5.74, 6) is 0.423. The number of urea groups is 1. The molecule has 12 heteroatoms. The molecule has 0 aliphatic carbocycles. The Bertz CT molecular complexity index is 1360. The van der Waals surface area contributed by atoms with Crippen molar-refractivity contribution in [2.75, 3.05) is 19.5 Å². The van der Waals surface area contributed by atoms with E-state index in [0.29, 0.717) is 22.1 Å². The average molecular weight is 523 g/mol. The number of anilines is 1. The topological polar surface area (TPSA) is 119 Å². The second kappa shape index (κ2) is 11.9. The molecule has 37 heavy (non-hydrogen) atoms. The van der Waals surface area contributed by atoms with Gasteiger partial charge in [0.2, 0.25) is 5.88 Å². The lowest BCUT2D eigenvalue weighted by atomic mass is 10.1. The summed E-state index contributed by atoms with van der Waals surface area (Å²) in [6.07, 6.45) is -0.637. The number of aromatic nitrogens is 3. The zero-order valence-corrected chi connectivity index (χ0v) is 20.8. The fraction of sp³-hybridized carbons (Fsp3) is 0.160. The largest absolute Gasteiger partial charge is 0.497 e. The summed E-state index contributed by atoms with van der Waals surface area (Å²) in [6.45, 7) is 0.319. The predicted octanol–water partition coefficient (Wildman–Crippen LogP) is 4.70. The molecule has 0 unspecified atom stereocenters. The van der Waals surface area contributed by atoms with Crippen LogP contribution in [0, 0.1) is 5.82 Å². The van der Waals surface area contributed by atoms with Crippen molar-refractivity contribution >= 4 is 28.6 Å². The SMILES string of the molecule is COc1ccc(-c2ccc(OC(=O)N(C)Cc3csc(NC(=O)NCc4cccc(F)c4)n3)nn2)cc1. The van der Waals surface area contributed by atoms with Crippen molar-refractivity contribution < 1.29 is 23.5 Å². The van der Waals surface area contributed by atoms with E-state index in [1.54, 1.807) is 43.8 Å². The van der Waals surface area contributed by atoms with Crippen molar-refractivity contribution in [3.63, 3.8) is 0 Å². The van der Waals surface area contributed by atoms with E-state index in [-0.39, 0.29) is 24.8 Å². The van der Waals surface area contributed by atoms with Gasteiger partial charge in [0, 0.05) is 30.6 Å². The van der Waals surface area contributed by atoms with E-state index in [1.807, 2.05) is 24.3 Å². The Morgan fingerprint density at radius 3 is 2.59 bits per heavy atom. The Labute approximate surface area is 216 Å². The normalized spacial score (nSPS) is 10.5. The Hall–Kier alpha value is -4.58. The summed E-state index contributed by atoms with van der Waals surface area (Å²) < 4.78 is 23.7. The molecule has 3 amide bonds. The van der Waals surface area contributed by atoms with Crippen LogP contribution in [0.4, 0.5) is 19.1 Å². The van der Waals surface area contributed by atoms with Crippen molar-refractivity contribution in [1.82, 2.24) is 25.4 Å². The first-order valence-electron chi connectivity index (χ1n) is 11.0. The summed E-state index contributed by atoms with van der Waals surface area (Å²) in [6, 6.07) is 16.1. The first kappa shape index (κ1) is 25.5. The Kier molecular flexibility index (Phi) is 8.21. The van der Waals surface area contributed by atoms with E-state index in [2.05, 4.69) is 25.8 Å². The minimum absolute atomic E-state index is 0.0599. The fourth-order valence-electron chi connectivity index (χ4n) is 3.17. The van der Waals surface area contributed by atoms with E-state index in [0.717, 1.165) is 11.3 Å². The second-order valence-corrected chi connectivity index (χ2v) is 8.65. The first-order chi connectivity index (χ1) is 17.9. The molecule has 4 aromatic rings. The van der Waals surface area contributed by atoms with Crippen LogP contribution >= 0.6 is 11.3 Å². The molecule has 0 spiro atoms. The van der Waals surface area contributed by atoms with Gasteiger partial charge in [0.1, 0.15) is 11.6 Å². The number of carbonyl (C=O) groups excluding carboxylic acids is 2. The van der Waals surface area contributed by atoms with Gasteiger partial charge in [-0.15, -0.1) is 21.5 Å². The number of ether oxygens (including phenoxy) is 2. The molecule has 0 bridgehead atoms. The first-order valence-corrected chi connectivity index (χ1v) is 11.9. The van der Waals surface area contributed by atoms with Gasteiger partial charge in [0.15, 0.2) is 5.13 Å². The van der Waals surface area contributed by atoms with Crippen molar-refractivity contribution in [3.05, 3.63) is 83.1 Å². The Morgan fingerprint density at radius 1 is 1.08 bits per heavy atom. The van der Waals surface area contributed by atoms with E-state index in [9.17, 15) is 14.0 Å². The van der Waals surface area contributed by atoms with Crippen LogP contribution in [0.2, 0.25) is 0 Å². The van der Waals surface area contributed by atoms with Crippen molar-refractivity contribution in [2.45, 2.75) is 13.1 Å². The van der Waals surface area contributed by atoms with Gasteiger partial charge < -0.3 is 19.7 Å². The maximum atomic E-state index is 13.2. The summed E-state index contributed by atoms with van der Waals surface area (Å²) in [4.78, 5) is 30.2. The van der Waals surface area contributed by atoms with Crippen molar-refractivity contribution in [3.8, 4) is 22.9 Å². The number of hydrogen-bond donors (Lipinski definition) is 2. The molecule has 0 aliphatic rings. The van der Waals surface area contributed by atoms with Crippen LogP contribution < -0.4 is 20.1 Å².